The van der Waals surface area contributed by atoms with Crippen molar-refractivity contribution in [3.05, 3.63) is 71.0 Å². The number of nitrogens with one attached hydrogen (secondary N) is 1. The van der Waals surface area contributed by atoms with Crippen LogP contribution in [0.5, 0.6) is 0 Å². The number of halogens is 1. The van der Waals surface area contributed by atoms with E-state index in [2.05, 4.69) is 31.2 Å². The lowest BCUT2D eigenvalue weighted by Crippen LogP contribution is -3.13. The molecule has 0 radical (unpaired) electrons. The molecule has 1 amide bonds. The van der Waals surface area contributed by atoms with Crippen molar-refractivity contribution in [1.29, 1.82) is 0 Å². The fourth-order valence-electron chi connectivity index (χ4n) is 3.09. The summed E-state index contributed by atoms with van der Waals surface area (Å²) in [5, 5.41) is 0. The highest BCUT2D eigenvalue weighted by atomic mass is 19.1. The smallest absolute Gasteiger partial charge is 0.257 e. The first-order valence-corrected chi connectivity index (χ1v) is 8.07. The Morgan fingerprint density at radius 1 is 1.09 bits per heavy atom. The molecule has 0 unspecified atom stereocenters. The van der Waals surface area contributed by atoms with E-state index in [0.717, 1.165) is 19.6 Å². The molecule has 1 aliphatic rings. The minimum atomic E-state index is -0.438. The third-order valence-corrected chi connectivity index (χ3v) is 4.56. The van der Waals surface area contributed by atoms with Crippen LogP contribution in [-0.4, -0.2) is 37.0 Å². The minimum Gasteiger partial charge on any atom is -0.328 e. The number of carbonyl (C=O) groups excluding carboxylic acids is 1. The Morgan fingerprint density at radius 2 is 1.74 bits per heavy atom. The monoisotopic (exact) mass is 313 g/mol. The molecule has 0 bridgehead atoms. The van der Waals surface area contributed by atoms with Crippen LogP contribution in [0.4, 0.5) is 4.39 Å². The molecule has 3 nitrogen and oxygen atoms in total. The van der Waals surface area contributed by atoms with Crippen molar-refractivity contribution in [1.82, 2.24) is 4.90 Å². The van der Waals surface area contributed by atoms with E-state index in [0.29, 0.717) is 13.1 Å². The highest BCUT2D eigenvalue weighted by molar-refractivity contribution is 5.94. The number of amides is 1. The summed E-state index contributed by atoms with van der Waals surface area (Å²) in [5.74, 6) is -0.634. The normalized spacial score (nSPS) is 15.7. The number of hydrogen-bond acceptors (Lipinski definition) is 1. The maximum Gasteiger partial charge on any atom is 0.257 e. The van der Waals surface area contributed by atoms with Gasteiger partial charge < -0.3 is 9.80 Å². The second-order valence-electron chi connectivity index (χ2n) is 6.13. The first-order chi connectivity index (χ1) is 11.1. The van der Waals surface area contributed by atoms with Crippen molar-refractivity contribution < 1.29 is 14.1 Å². The third-order valence-electron chi connectivity index (χ3n) is 4.56. The number of rotatable bonds is 3. The van der Waals surface area contributed by atoms with Crippen LogP contribution in [0.2, 0.25) is 0 Å². The Morgan fingerprint density at radius 3 is 2.43 bits per heavy atom. The average Bonchev–Trinajstić information content (AvgIpc) is 2.57. The molecule has 0 aromatic heterocycles. The van der Waals surface area contributed by atoms with Gasteiger partial charge in [-0.3, -0.25) is 4.79 Å². The van der Waals surface area contributed by atoms with Gasteiger partial charge in [-0.15, -0.1) is 0 Å². The topological polar surface area (TPSA) is 24.8 Å². The SMILES string of the molecule is Cc1ccccc1C[NH+]1CCN(C(=O)c2ccccc2F)CC1. The minimum absolute atomic E-state index is 0.176. The van der Waals surface area contributed by atoms with E-state index in [4.69, 9.17) is 0 Å². The molecule has 2 aromatic rings. The van der Waals surface area contributed by atoms with Gasteiger partial charge in [-0.25, -0.2) is 4.39 Å². The summed E-state index contributed by atoms with van der Waals surface area (Å²) in [4.78, 5) is 15.6. The lowest BCUT2D eigenvalue weighted by molar-refractivity contribution is -0.917. The van der Waals surface area contributed by atoms with E-state index in [-0.39, 0.29) is 11.5 Å². The molecule has 0 aliphatic carbocycles. The maximum atomic E-state index is 13.8. The van der Waals surface area contributed by atoms with Crippen LogP contribution >= 0.6 is 0 Å². The average molecular weight is 313 g/mol. The highest BCUT2D eigenvalue weighted by Crippen LogP contribution is 2.10. The van der Waals surface area contributed by atoms with Gasteiger partial charge in [0, 0.05) is 5.56 Å². The Hall–Kier alpha value is -2.20. The fourth-order valence-corrected chi connectivity index (χ4v) is 3.09. The van der Waals surface area contributed by atoms with Crippen molar-refractivity contribution in [2.45, 2.75) is 13.5 Å². The second kappa shape index (κ2) is 6.92. The number of nitrogens with zero attached hydrogens (tertiary/aromatic N) is 1. The zero-order valence-corrected chi connectivity index (χ0v) is 13.4. The standard InChI is InChI=1S/C19H21FN2O/c1-15-6-2-3-7-16(15)14-21-10-12-22(13-11-21)19(23)17-8-4-5-9-18(17)20/h2-9H,10-14H2,1H3/p+1. The van der Waals surface area contributed by atoms with Gasteiger partial charge in [0.2, 0.25) is 0 Å². The van der Waals surface area contributed by atoms with Crippen LogP contribution in [-0.2, 0) is 6.54 Å². The van der Waals surface area contributed by atoms with Gasteiger partial charge in [0.05, 0.1) is 31.7 Å². The molecular formula is C19H22FN2O+. The molecular weight excluding hydrogens is 291 g/mol. The lowest BCUT2D eigenvalue weighted by Gasteiger charge is -2.32. The van der Waals surface area contributed by atoms with E-state index in [1.165, 1.54) is 22.1 Å². The van der Waals surface area contributed by atoms with Gasteiger partial charge in [-0.2, -0.15) is 0 Å². The van der Waals surface area contributed by atoms with Gasteiger partial charge in [0.25, 0.3) is 5.91 Å². The number of aryl methyl sites for hydroxylation is 1. The summed E-state index contributed by atoms with van der Waals surface area (Å²) in [6.45, 7) is 6.26. The largest absolute Gasteiger partial charge is 0.328 e. The summed E-state index contributed by atoms with van der Waals surface area (Å²) in [5.41, 5.74) is 2.84. The van der Waals surface area contributed by atoms with Crippen molar-refractivity contribution in [2.75, 3.05) is 26.2 Å². The molecule has 0 spiro atoms. The molecule has 0 atom stereocenters. The number of benzene rings is 2. The van der Waals surface area contributed by atoms with Gasteiger partial charge in [0.1, 0.15) is 12.4 Å². The predicted molar refractivity (Wildman–Crippen MR) is 87.9 cm³/mol. The number of carbonyl (C=O) groups is 1. The van der Waals surface area contributed by atoms with Gasteiger partial charge in [-0.05, 0) is 24.6 Å². The zero-order valence-electron chi connectivity index (χ0n) is 13.4. The van der Waals surface area contributed by atoms with Gasteiger partial charge >= 0.3 is 0 Å². The van der Waals surface area contributed by atoms with Crippen molar-refractivity contribution in [3.63, 3.8) is 0 Å². The van der Waals surface area contributed by atoms with E-state index in [1.54, 1.807) is 23.1 Å². The molecule has 4 heteroatoms. The first-order valence-electron chi connectivity index (χ1n) is 8.07. The Balaban J connectivity index is 1.59. The summed E-state index contributed by atoms with van der Waals surface area (Å²) in [7, 11) is 0. The Kier molecular flexibility index (Phi) is 4.72. The van der Waals surface area contributed by atoms with Crippen LogP contribution in [0, 0.1) is 12.7 Å². The van der Waals surface area contributed by atoms with Crippen LogP contribution in [0.25, 0.3) is 0 Å². The fraction of sp³-hybridized carbons (Fsp3) is 0.316. The van der Waals surface area contributed by atoms with Crippen molar-refractivity contribution in [3.8, 4) is 0 Å². The predicted octanol–water partition coefficient (Wildman–Crippen LogP) is 1.68. The molecule has 1 fully saturated rings. The number of hydrogen-bond donors (Lipinski definition) is 1. The molecule has 1 saturated heterocycles. The number of piperazine rings is 1. The summed E-state index contributed by atoms with van der Waals surface area (Å²) >= 11 is 0. The molecule has 1 heterocycles. The maximum absolute atomic E-state index is 13.8. The van der Waals surface area contributed by atoms with Crippen LogP contribution in [0.15, 0.2) is 48.5 Å². The van der Waals surface area contributed by atoms with E-state index < -0.39 is 5.82 Å². The van der Waals surface area contributed by atoms with Crippen LogP contribution in [0.3, 0.4) is 0 Å². The van der Waals surface area contributed by atoms with Crippen LogP contribution < -0.4 is 4.90 Å². The van der Waals surface area contributed by atoms with E-state index in [9.17, 15) is 9.18 Å². The van der Waals surface area contributed by atoms with Crippen molar-refractivity contribution >= 4 is 5.91 Å². The van der Waals surface area contributed by atoms with Crippen molar-refractivity contribution in [2.24, 2.45) is 0 Å². The van der Waals surface area contributed by atoms with E-state index >= 15 is 0 Å². The Bertz CT molecular complexity index is 693. The van der Waals surface area contributed by atoms with E-state index in [1.807, 2.05) is 0 Å². The Labute approximate surface area is 136 Å². The summed E-state index contributed by atoms with van der Waals surface area (Å²) < 4.78 is 13.8. The molecule has 1 N–H and O–H groups in total. The summed E-state index contributed by atoms with van der Waals surface area (Å²) in [6.07, 6.45) is 0. The first kappa shape index (κ1) is 15.7. The molecule has 2 aromatic carbocycles. The molecule has 0 saturated carbocycles. The van der Waals surface area contributed by atoms with Gasteiger partial charge in [-0.1, -0.05) is 36.4 Å². The molecule has 23 heavy (non-hydrogen) atoms. The zero-order chi connectivity index (χ0) is 16.2. The molecule has 120 valence electrons. The number of quaternary nitrogens is 1. The molecule has 3 rings (SSSR count). The molecule has 1 aliphatic heterocycles. The van der Waals surface area contributed by atoms with Gasteiger partial charge in [0.15, 0.2) is 0 Å². The quantitative estimate of drug-likeness (QED) is 0.916. The summed E-state index contributed by atoms with van der Waals surface area (Å²) in [6, 6.07) is 14.6. The van der Waals surface area contributed by atoms with Crippen LogP contribution in [0.1, 0.15) is 21.5 Å². The third kappa shape index (κ3) is 3.59. The lowest BCUT2D eigenvalue weighted by atomic mass is 10.1. The second-order valence-corrected chi connectivity index (χ2v) is 6.13. The highest BCUT2D eigenvalue weighted by Gasteiger charge is 2.26.